The average Bonchev–Trinajstić information content (AvgIpc) is 1.75. The second-order valence-electron chi connectivity index (χ2n) is 0.329. The van der Waals surface area contributed by atoms with Gasteiger partial charge in [0.1, 0.15) is 0 Å². The zero-order valence-electron chi connectivity index (χ0n) is 3.49. The minimum absolute atomic E-state index is 0.125. The summed E-state index contributed by atoms with van der Waals surface area (Å²) in [6, 6.07) is 0. The van der Waals surface area contributed by atoms with Crippen molar-refractivity contribution in [3.63, 3.8) is 0 Å². The van der Waals surface area contributed by atoms with E-state index in [9.17, 15) is 7.61 Å². The topological polar surface area (TPSA) is 60.4 Å². The Hall–Kier alpha value is 0.888. The van der Waals surface area contributed by atoms with Gasteiger partial charge in [-0.25, -0.2) is 0 Å². The molecule has 0 heterocycles. The maximum absolute atomic E-state index is 9.21. The van der Waals surface area contributed by atoms with E-state index in [1.165, 1.54) is 0 Å². The van der Waals surface area contributed by atoms with Crippen molar-refractivity contribution in [2.24, 2.45) is 0 Å². The maximum atomic E-state index is 9.21. The zero-order chi connectivity index (χ0) is 6.12. The van der Waals surface area contributed by atoms with Crippen molar-refractivity contribution in [2.75, 3.05) is 0 Å². The van der Waals surface area contributed by atoms with E-state index >= 15 is 0 Å². The van der Waals surface area contributed by atoms with E-state index in [0.717, 1.165) is 0 Å². The zero-order valence-corrected chi connectivity index (χ0v) is 8.77. The van der Waals surface area contributed by atoms with Gasteiger partial charge >= 0.3 is 63.2 Å². The van der Waals surface area contributed by atoms with Crippen LogP contribution < -0.4 is 0 Å². The van der Waals surface area contributed by atoms with Crippen molar-refractivity contribution in [1.82, 2.24) is 0 Å². The van der Waals surface area contributed by atoms with E-state index < -0.39 is 31.0 Å². The molecule has 0 amide bonds. The van der Waals surface area contributed by atoms with Crippen LogP contribution in [0, 0.1) is 0 Å². The van der Waals surface area contributed by atoms with Gasteiger partial charge in [-0.2, -0.15) is 0 Å². The van der Waals surface area contributed by atoms with Crippen molar-refractivity contribution in [3.05, 3.63) is 0 Å². The third kappa shape index (κ3) is 19.7. The van der Waals surface area contributed by atoms with Crippen LogP contribution >= 0.6 is 0 Å². The van der Waals surface area contributed by atoms with Crippen LogP contribution in [0.4, 0.5) is 0 Å². The molecule has 0 aromatic rings. The minimum atomic E-state index is -1.24. The molecule has 4 nitrogen and oxygen atoms in total. The summed E-state index contributed by atoms with van der Waals surface area (Å²) >= 11 is -2.35. The van der Waals surface area contributed by atoms with Crippen LogP contribution in [-0.2, 0) is 32.3 Å². The van der Waals surface area contributed by atoms with Crippen LogP contribution in [0.2, 0.25) is 0 Å². The molecule has 0 aromatic heterocycles. The summed E-state index contributed by atoms with van der Waals surface area (Å²) in [6.45, 7) is 0. The average molecular weight is 183 g/mol. The Morgan fingerprint density at radius 2 is 1.43 bits per heavy atom. The van der Waals surface area contributed by atoms with Gasteiger partial charge in [0.05, 0.1) is 0 Å². The van der Waals surface area contributed by atoms with Gasteiger partial charge in [0, 0.05) is 0 Å². The molecule has 0 saturated heterocycles. The van der Waals surface area contributed by atoms with E-state index in [-0.39, 0.29) is 18.3 Å². The molecule has 0 aliphatic heterocycles. The van der Waals surface area contributed by atoms with Crippen molar-refractivity contribution in [2.45, 2.75) is 0 Å². The molecule has 0 aliphatic rings. The van der Waals surface area contributed by atoms with Crippen molar-refractivity contribution in [3.8, 4) is 0 Å². The molecule has 0 saturated carbocycles. The van der Waals surface area contributed by atoms with Crippen molar-refractivity contribution < 1.29 is 32.3 Å². The molecule has 0 N–H and O–H groups in total. The summed E-state index contributed by atoms with van der Waals surface area (Å²) in [5, 5.41) is 0. The predicted octanol–water partition coefficient (Wildman–Crippen LogP) is -1.19. The van der Waals surface area contributed by atoms with Gasteiger partial charge in [-0.3, -0.25) is 0 Å². The molecule has 0 atom stereocenters. The van der Waals surface area contributed by atoms with Gasteiger partial charge in [0.25, 0.3) is 0 Å². The molecule has 32 valence electrons. The number of hydrogen-bond acceptors (Lipinski definition) is 4. The standard InChI is InChI=1S/2Al.4O.Zn. The Bertz CT molecular complexity index is 47.7. The van der Waals surface area contributed by atoms with Crippen LogP contribution in [0.25, 0.3) is 0 Å². The fourth-order valence-corrected chi connectivity index (χ4v) is 0.204. The van der Waals surface area contributed by atoms with Gasteiger partial charge in [-0.1, -0.05) is 0 Å². The van der Waals surface area contributed by atoms with Gasteiger partial charge in [0.2, 0.25) is 0 Å². The molecule has 7 heavy (non-hydrogen) atoms. The van der Waals surface area contributed by atoms with Crippen molar-refractivity contribution in [1.29, 1.82) is 0 Å². The third-order valence-corrected chi connectivity index (χ3v) is 1.00. The van der Waals surface area contributed by atoms with Crippen LogP contribution in [0.1, 0.15) is 0 Å². The molecular weight excluding hydrogens is 183 g/mol. The quantitative estimate of drug-likeness (QED) is 0.505. The fraction of sp³-hybridized carbons (Fsp3) is 0. The first kappa shape index (κ1) is 10.8. The summed E-state index contributed by atoms with van der Waals surface area (Å²) in [4.78, 5) is 0. The van der Waals surface area contributed by atoms with E-state index in [4.69, 9.17) is 3.57 Å². The van der Waals surface area contributed by atoms with Crippen LogP contribution in [0.15, 0.2) is 0 Å². The van der Waals surface area contributed by atoms with Crippen molar-refractivity contribution >= 4 is 31.0 Å². The fourth-order valence-electron chi connectivity index (χ4n) is 0.0227. The Labute approximate surface area is 63.1 Å². The normalized spacial score (nSPS) is 3.71. The molecule has 7 heteroatoms. The van der Waals surface area contributed by atoms with Gasteiger partial charge in [-0.15, -0.1) is 0 Å². The molecule has 0 unspecified atom stereocenters. The molecular formula is Al2O4Zn. The summed E-state index contributed by atoms with van der Waals surface area (Å²) in [5.41, 5.74) is 0. The van der Waals surface area contributed by atoms with E-state index in [1.807, 2.05) is 0 Å². The summed E-state index contributed by atoms with van der Waals surface area (Å²) in [6.07, 6.45) is 0. The molecule has 0 spiro atoms. The predicted molar refractivity (Wildman–Crippen MR) is 14.7 cm³/mol. The van der Waals surface area contributed by atoms with Crippen LogP contribution in [0.3, 0.4) is 0 Å². The van der Waals surface area contributed by atoms with Gasteiger partial charge in [-0.05, 0) is 0 Å². The monoisotopic (exact) mass is 182 g/mol. The first-order valence-corrected chi connectivity index (χ1v) is 4.33. The Morgan fingerprint density at radius 3 is 1.43 bits per heavy atom. The molecule has 0 radical (unpaired) electrons. The number of hydrogen-bond donors (Lipinski definition) is 0. The third-order valence-electron chi connectivity index (χ3n) is 0.111. The number of rotatable bonds is 2. The van der Waals surface area contributed by atoms with Crippen LogP contribution in [0.5, 0.6) is 0 Å². The molecule has 0 rings (SSSR count). The molecule has 0 aromatic carbocycles. The molecule has 0 bridgehead atoms. The van der Waals surface area contributed by atoms with E-state index in [1.54, 1.807) is 0 Å². The second kappa shape index (κ2) is 15.8. The SMILES string of the molecule is [O]=[Al][O][Al]=[O].[O]=[Zn]. The Balaban J connectivity index is 0. The van der Waals surface area contributed by atoms with Gasteiger partial charge < -0.3 is 0 Å². The Kier molecular flexibility index (Phi) is 24.4. The second-order valence-corrected chi connectivity index (χ2v) is 1.80. The van der Waals surface area contributed by atoms with E-state index in [0.29, 0.717) is 0 Å². The summed E-state index contributed by atoms with van der Waals surface area (Å²) in [7, 11) is 0. The summed E-state index contributed by atoms with van der Waals surface area (Å²) < 4.78 is 30.7. The molecule has 0 aliphatic carbocycles. The first-order valence-electron chi connectivity index (χ1n) is 1.23. The summed E-state index contributed by atoms with van der Waals surface area (Å²) in [5.74, 6) is 0. The first-order chi connectivity index (χ1) is 3.41. The van der Waals surface area contributed by atoms with E-state index in [2.05, 4.69) is 2.84 Å². The molecule has 0 fully saturated rings. The van der Waals surface area contributed by atoms with Crippen LogP contribution in [-0.4, -0.2) is 31.0 Å². The van der Waals surface area contributed by atoms with Gasteiger partial charge in [0.15, 0.2) is 0 Å². The Morgan fingerprint density at radius 1 is 1.14 bits per heavy atom.